The molecule has 0 unspecified atom stereocenters. The molecule has 0 atom stereocenters. The highest BCUT2D eigenvalue weighted by atomic mass is 79.9. The summed E-state index contributed by atoms with van der Waals surface area (Å²) in [4.78, 5) is 4.20. The number of pyridine rings is 1. The fraction of sp³-hybridized carbons (Fsp3) is 0.467. The van der Waals surface area contributed by atoms with E-state index in [1.165, 1.54) is 11.3 Å². The maximum atomic E-state index is 4.65. The number of halogens is 1. The molecule has 4 nitrogen and oxygen atoms in total. The Balaban J connectivity index is 2.15. The van der Waals surface area contributed by atoms with Crippen LogP contribution in [0.25, 0.3) is 0 Å². The molecule has 0 spiro atoms. The molecule has 5 heteroatoms. The molecule has 1 N–H and O–H groups in total. The fourth-order valence-corrected chi connectivity index (χ4v) is 2.66. The Labute approximate surface area is 128 Å². The van der Waals surface area contributed by atoms with Crippen molar-refractivity contribution >= 4 is 15.9 Å². The standard InChI is InChI=1S/C15H21BrN4/c1-4-5-17-9-15-11(2)19-20(12(15)3)10-13-6-14(16)8-18-7-13/h6-8,17H,4-5,9-10H2,1-3H3. The Bertz CT molecular complexity index is 577. The number of aryl methyl sites for hydroxylation is 1. The fourth-order valence-electron chi connectivity index (χ4n) is 2.25. The molecular weight excluding hydrogens is 316 g/mol. The van der Waals surface area contributed by atoms with Gasteiger partial charge in [-0.3, -0.25) is 9.67 Å². The Morgan fingerprint density at radius 2 is 2.10 bits per heavy atom. The van der Waals surface area contributed by atoms with Gasteiger partial charge in [-0.2, -0.15) is 5.10 Å². The van der Waals surface area contributed by atoms with Crippen LogP contribution in [0.15, 0.2) is 22.9 Å². The molecule has 0 radical (unpaired) electrons. The Morgan fingerprint density at radius 3 is 2.80 bits per heavy atom. The second kappa shape index (κ2) is 6.99. The van der Waals surface area contributed by atoms with Gasteiger partial charge in [0.05, 0.1) is 12.2 Å². The summed E-state index contributed by atoms with van der Waals surface area (Å²) in [6.45, 7) is 9.07. The lowest BCUT2D eigenvalue weighted by Crippen LogP contribution is -2.15. The van der Waals surface area contributed by atoms with Crippen molar-refractivity contribution in [3.63, 3.8) is 0 Å². The summed E-state index contributed by atoms with van der Waals surface area (Å²) in [7, 11) is 0. The lowest BCUT2D eigenvalue weighted by molar-refractivity contribution is 0.649. The Hall–Kier alpha value is -1.20. The van der Waals surface area contributed by atoms with Crippen LogP contribution >= 0.6 is 15.9 Å². The minimum atomic E-state index is 0.757. The first kappa shape index (κ1) is 15.2. The Kier molecular flexibility index (Phi) is 5.31. The monoisotopic (exact) mass is 336 g/mol. The van der Waals surface area contributed by atoms with E-state index in [9.17, 15) is 0 Å². The molecule has 0 aliphatic rings. The minimum Gasteiger partial charge on any atom is -0.313 e. The SMILES string of the molecule is CCCNCc1c(C)nn(Cc2cncc(Br)c2)c1C. The van der Waals surface area contributed by atoms with Crippen molar-refractivity contribution in [1.29, 1.82) is 0 Å². The van der Waals surface area contributed by atoms with Crippen LogP contribution in [0.5, 0.6) is 0 Å². The summed E-state index contributed by atoms with van der Waals surface area (Å²) in [6, 6.07) is 2.08. The largest absolute Gasteiger partial charge is 0.313 e. The van der Waals surface area contributed by atoms with Crippen molar-refractivity contribution < 1.29 is 0 Å². The molecule has 0 aliphatic heterocycles. The van der Waals surface area contributed by atoms with E-state index in [4.69, 9.17) is 0 Å². The summed E-state index contributed by atoms with van der Waals surface area (Å²) in [6.07, 6.45) is 4.83. The smallest absolute Gasteiger partial charge is 0.0678 e. The number of nitrogens with zero attached hydrogens (tertiary/aromatic N) is 3. The number of nitrogens with one attached hydrogen (secondary N) is 1. The van der Waals surface area contributed by atoms with Crippen molar-refractivity contribution in [2.75, 3.05) is 6.54 Å². The number of hydrogen-bond donors (Lipinski definition) is 1. The summed E-state index contributed by atoms with van der Waals surface area (Å²) in [5, 5.41) is 8.09. The minimum absolute atomic E-state index is 0.757. The van der Waals surface area contributed by atoms with Crippen LogP contribution < -0.4 is 5.32 Å². The van der Waals surface area contributed by atoms with E-state index < -0.39 is 0 Å². The molecule has 0 aliphatic carbocycles. The molecule has 0 aromatic carbocycles. The first-order valence-corrected chi connectivity index (χ1v) is 7.74. The van der Waals surface area contributed by atoms with Crippen molar-refractivity contribution in [2.45, 2.75) is 40.3 Å². The number of hydrogen-bond acceptors (Lipinski definition) is 3. The van der Waals surface area contributed by atoms with Crippen LogP contribution in [0, 0.1) is 13.8 Å². The van der Waals surface area contributed by atoms with E-state index in [1.54, 1.807) is 6.20 Å². The van der Waals surface area contributed by atoms with Gasteiger partial charge in [-0.15, -0.1) is 0 Å². The molecular formula is C15H21BrN4. The van der Waals surface area contributed by atoms with Crippen LogP contribution in [0.2, 0.25) is 0 Å². The van der Waals surface area contributed by atoms with E-state index in [0.29, 0.717) is 0 Å². The van der Waals surface area contributed by atoms with Crippen molar-refractivity contribution in [3.05, 3.63) is 45.4 Å². The van der Waals surface area contributed by atoms with E-state index in [1.807, 2.05) is 6.20 Å². The molecule has 2 aromatic rings. The van der Waals surface area contributed by atoms with E-state index >= 15 is 0 Å². The summed E-state index contributed by atoms with van der Waals surface area (Å²) in [5.41, 5.74) is 4.79. The van der Waals surface area contributed by atoms with Gasteiger partial charge in [0.25, 0.3) is 0 Å². The third-order valence-electron chi connectivity index (χ3n) is 3.35. The van der Waals surface area contributed by atoms with Crippen LogP contribution in [-0.2, 0) is 13.1 Å². The lowest BCUT2D eigenvalue weighted by Gasteiger charge is -2.06. The zero-order valence-corrected chi connectivity index (χ0v) is 13.9. The van der Waals surface area contributed by atoms with Crippen LogP contribution in [0.4, 0.5) is 0 Å². The molecule has 0 saturated carbocycles. The lowest BCUT2D eigenvalue weighted by atomic mass is 10.2. The quantitative estimate of drug-likeness (QED) is 0.823. The average Bonchev–Trinajstić information content (AvgIpc) is 2.66. The topological polar surface area (TPSA) is 42.7 Å². The zero-order valence-electron chi connectivity index (χ0n) is 12.3. The zero-order chi connectivity index (χ0) is 14.5. The van der Waals surface area contributed by atoms with Gasteiger partial charge in [-0.05, 0) is 54.4 Å². The maximum Gasteiger partial charge on any atom is 0.0678 e. The van der Waals surface area contributed by atoms with Gasteiger partial charge in [-0.1, -0.05) is 6.92 Å². The van der Waals surface area contributed by atoms with Gasteiger partial charge in [0.2, 0.25) is 0 Å². The van der Waals surface area contributed by atoms with Gasteiger partial charge >= 0.3 is 0 Å². The Morgan fingerprint density at radius 1 is 1.30 bits per heavy atom. The number of rotatable bonds is 6. The highest BCUT2D eigenvalue weighted by Crippen LogP contribution is 2.16. The summed E-state index contributed by atoms with van der Waals surface area (Å²) in [5.74, 6) is 0. The van der Waals surface area contributed by atoms with Crippen molar-refractivity contribution in [2.24, 2.45) is 0 Å². The summed E-state index contributed by atoms with van der Waals surface area (Å²) < 4.78 is 3.06. The van der Waals surface area contributed by atoms with Crippen LogP contribution in [0.3, 0.4) is 0 Å². The first-order valence-electron chi connectivity index (χ1n) is 6.94. The molecule has 0 saturated heterocycles. The molecule has 2 aromatic heterocycles. The molecule has 108 valence electrons. The maximum absolute atomic E-state index is 4.65. The van der Waals surface area contributed by atoms with E-state index in [2.05, 4.69) is 62.8 Å². The van der Waals surface area contributed by atoms with Gasteiger partial charge in [0, 0.05) is 34.7 Å². The molecule has 0 bridgehead atoms. The molecule has 20 heavy (non-hydrogen) atoms. The highest BCUT2D eigenvalue weighted by molar-refractivity contribution is 9.10. The average molecular weight is 337 g/mol. The predicted molar refractivity (Wildman–Crippen MR) is 84.7 cm³/mol. The molecule has 0 fully saturated rings. The second-order valence-electron chi connectivity index (χ2n) is 5.00. The second-order valence-corrected chi connectivity index (χ2v) is 5.91. The van der Waals surface area contributed by atoms with Crippen molar-refractivity contribution in [3.8, 4) is 0 Å². The van der Waals surface area contributed by atoms with E-state index in [-0.39, 0.29) is 0 Å². The van der Waals surface area contributed by atoms with Gasteiger partial charge < -0.3 is 5.32 Å². The highest BCUT2D eigenvalue weighted by Gasteiger charge is 2.11. The van der Waals surface area contributed by atoms with Gasteiger partial charge in [-0.25, -0.2) is 0 Å². The van der Waals surface area contributed by atoms with Gasteiger partial charge in [0.1, 0.15) is 0 Å². The van der Waals surface area contributed by atoms with Crippen LogP contribution in [-0.4, -0.2) is 21.3 Å². The molecule has 0 amide bonds. The van der Waals surface area contributed by atoms with Crippen LogP contribution in [0.1, 0.15) is 35.9 Å². The third kappa shape index (κ3) is 3.67. The predicted octanol–water partition coefficient (Wildman–Crippen LogP) is 3.21. The van der Waals surface area contributed by atoms with Gasteiger partial charge in [0.15, 0.2) is 0 Å². The third-order valence-corrected chi connectivity index (χ3v) is 3.79. The summed E-state index contributed by atoms with van der Waals surface area (Å²) >= 11 is 3.45. The number of aromatic nitrogens is 3. The van der Waals surface area contributed by atoms with E-state index in [0.717, 1.165) is 41.8 Å². The molecule has 2 heterocycles. The first-order chi connectivity index (χ1) is 9.61. The normalized spacial score (nSPS) is 11.0. The van der Waals surface area contributed by atoms with Crippen molar-refractivity contribution in [1.82, 2.24) is 20.1 Å². The molecule has 2 rings (SSSR count).